The van der Waals surface area contributed by atoms with Crippen LogP contribution in [0.25, 0.3) is 0 Å². The van der Waals surface area contributed by atoms with Gasteiger partial charge < -0.3 is 10.2 Å². The van der Waals surface area contributed by atoms with Gasteiger partial charge in [0.1, 0.15) is 0 Å². The third-order valence-electron chi connectivity index (χ3n) is 1.81. The van der Waals surface area contributed by atoms with E-state index in [1.807, 2.05) is 0 Å². The van der Waals surface area contributed by atoms with Gasteiger partial charge in [0.15, 0.2) is 0 Å². The zero-order chi connectivity index (χ0) is 9.02. The summed E-state index contributed by atoms with van der Waals surface area (Å²) in [5.41, 5.74) is 0. The Morgan fingerprint density at radius 3 is 2.27 bits per heavy atom. The van der Waals surface area contributed by atoms with Crippen molar-refractivity contribution in [2.75, 3.05) is 0 Å². The lowest BCUT2D eigenvalue weighted by atomic mass is 9.94. The van der Waals surface area contributed by atoms with Crippen molar-refractivity contribution in [3.8, 4) is 0 Å². The molecular weight excluding hydrogens is 144 g/mol. The van der Waals surface area contributed by atoms with Crippen LogP contribution in [0.1, 0.15) is 13.8 Å². The molecule has 0 spiro atoms. The summed E-state index contributed by atoms with van der Waals surface area (Å²) >= 11 is 0. The van der Waals surface area contributed by atoms with Gasteiger partial charge in [0.25, 0.3) is 0 Å². The summed E-state index contributed by atoms with van der Waals surface area (Å²) in [5, 5.41) is 17.8. The average Bonchev–Trinajstić information content (AvgIpc) is 2.00. The highest BCUT2D eigenvalue weighted by Crippen LogP contribution is 2.13. The maximum Gasteiger partial charge on any atom is 0.308 e. The van der Waals surface area contributed by atoms with Crippen LogP contribution in [0.2, 0.25) is 0 Å². The highest BCUT2D eigenvalue weighted by atomic mass is 16.4. The minimum atomic E-state index is -0.980. The van der Waals surface area contributed by atoms with Crippen LogP contribution >= 0.6 is 0 Å². The van der Waals surface area contributed by atoms with Crippen molar-refractivity contribution in [2.24, 2.45) is 11.8 Å². The first-order valence-corrected chi connectivity index (χ1v) is 3.54. The van der Waals surface area contributed by atoms with E-state index in [9.17, 15) is 9.90 Å². The molecule has 64 valence electrons. The van der Waals surface area contributed by atoms with Crippen LogP contribution in [0.3, 0.4) is 0 Å². The first kappa shape index (κ1) is 10.2. The van der Waals surface area contributed by atoms with Crippen molar-refractivity contribution in [1.29, 1.82) is 0 Å². The minimum Gasteiger partial charge on any atom is -0.481 e. The standard InChI is InChI=1S/C8H14O3/c1-4-5(2)7(9)6(3)8(10)11/h4-7,9H,1H2,2-3H3,(H,10,11)/t5-,6+,7-/m0/s1. The molecule has 2 N–H and O–H groups in total. The Kier molecular flexibility index (Phi) is 3.82. The number of rotatable bonds is 4. The highest BCUT2D eigenvalue weighted by molar-refractivity contribution is 5.70. The molecule has 3 heteroatoms. The lowest BCUT2D eigenvalue weighted by molar-refractivity contribution is -0.145. The number of carboxylic acids is 1. The Labute approximate surface area is 66.4 Å². The Morgan fingerprint density at radius 1 is 1.55 bits per heavy atom. The van der Waals surface area contributed by atoms with Crippen LogP contribution in [0.15, 0.2) is 12.7 Å². The van der Waals surface area contributed by atoms with Gasteiger partial charge in [0.2, 0.25) is 0 Å². The molecule has 0 aliphatic carbocycles. The van der Waals surface area contributed by atoms with Crippen LogP contribution in [0.5, 0.6) is 0 Å². The molecular formula is C8H14O3. The molecule has 0 unspecified atom stereocenters. The maximum absolute atomic E-state index is 10.4. The zero-order valence-electron chi connectivity index (χ0n) is 6.82. The minimum absolute atomic E-state index is 0.180. The van der Waals surface area contributed by atoms with Crippen molar-refractivity contribution < 1.29 is 15.0 Å². The number of aliphatic hydroxyl groups is 1. The van der Waals surface area contributed by atoms with E-state index in [4.69, 9.17) is 5.11 Å². The number of aliphatic hydroxyl groups excluding tert-OH is 1. The van der Waals surface area contributed by atoms with E-state index in [1.54, 1.807) is 13.0 Å². The monoisotopic (exact) mass is 158 g/mol. The summed E-state index contributed by atoms with van der Waals surface area (Å²) in [5.74, 6) is -1.89. The normalized spacial score (nSPS) is 18.5. The van der Waals surface area contributed by atoms with Crippen LogP contribution in [-0.4, -0.2) is 22.3 Å². The van der Waals surface area contributed by atoms with Gasteiger partial charge in [-0.25, -0.2) is 0 Å². The second-order valence-corrected chi connectivity index (χ2v) is 2.71. The fourth-order valence-electron chi connectivity index (χ4n) is 0.741. The molecule has 0 radical (unpaired) electrons. The summed E-state index contributed by atoms with van der Waals surface area (Å²) < 4.78 is 0. The lowest BCUT2D eigenvalue weighted by Gasteiger charge is -2.18. The van der Waals surface area contributed by atoms with E-state index >= 15 is 0 Å². The smallest absolute Gasteiger partial charge is 0.308 e. The van der Waals surface area contributed by atoms with Gasteiger partial charge >= 0.3 is 5.97 Å². The van der Waals surface area contributed by atoms with Gasteiger partial charge in [-0.15, -0.1) is 6.58 Å². The largest absolute Gasteiger partial charge is 0.481 e. The second kappa shape index (κ2) is 4.13. The first-order valence-electron chi connectivity index (χ1n) is 3.54. The Bertz CT molecular complexity index is 153. The molecule has 0 rings (SSSR count). The SMILES string of the molecule is C=C[C@H](C)[C@H](O)[C@@H](C)C(=O)O. The second-order valence-electron chi connectivity index (χ2n) is 2.71. The molecule has 0 saturated heterocycles. The Hall–Kier alpha value is -0.830. The molecule has 3 atom stereocenters. The summed E-state index contributed by atoms with van der Waals surface area (Å²) in [7, 11) is 0. The van der Waals surface area contributed by atoms with Crippen LogP contribution in [-0.2, 0) is 4.79 Å². The highest BCUT2D eigenvalue weighted by Gasteiger charge is 2.24. The van der Waals surface area contributed by atoms with Crippen LogP contribution < -0.4 is 0 Å². The lowest BCUT2D eigenvalue weighted by Crippen LogP contribution is -2.30. The van der Waals surface area contributed by atoms with Gasteiger partial charge in [-0.05, 0) is 6.92 Å². The summed E-state index contributed by atoms with van der Waals surface area (Å²) in [6.07, 6.45) is 0.703. The molecule has 0 aliphatic rings. The molecule has 11 heavy (non-hydrogen) atoms. The van der Waals surface area contributed by atoms with Crippen molar-refractivity contribution in [3.05, 3.63) is 12.7 Å². The van der Waals surface area contributed by atoms with Crippen molar-refractivity contribution in [3.63, 3.8) is 0 Å². The Morgan fingerprint density at radius 2 is 2.00 bits per heavy atom. The summed E-state index contributed by atoms with van der Waals surface area (Å²) in [6.45, 7) is 6.68. The molecule has 0 aromatic carbocycles. The van der Waals surface area contributed by atoms with Gasteiger partial charge in [-0.3, -0.25) is 4.79 Å². The van der Waals surface area contributed by atoms with E-state index in [-0.39, 0.29) is 5.92 Å². The Balaban J connectivity index is 4.11. The molecule has 0 bridgehead atoms. The number of aliphatic carboxylic acids is 1. The number of hydrogen-bond donors (Lipinski definition) is 2. The molecule has 0 aliphatic heterocycles. The van der Waals surface area contributed by atoms with E-state index in [0.717, 1.165) is 0 Å². The molecule has 3 nitrogen and oxygen atoms in total. The van der Waals surface area contributed by atoms with Crippen LogP contribution in [0, 0.1) is 11.8 Å². The van der Waals surface area contributed by atoms with E-state index < -0.39 is 18.0 Å². The van der Waals surface area contributed by atoms with Crippen molar-refractivity contribution in [2.45, 2.75) is 20.0 Å². The van der Waals surface area contributed by atoms with E-state index in [1.165, 1.54) is 6.92 Å². The fourth-order valence-corrected chi connectivity index (χ4v) is 0.741. The number of hydrogen-bond acceptors (Lipinski definition) is 2. The predicted molar refractivity (Wildman–Crippen MR) is 42.2 cm³/mol. The van der Waals surface area contributed by atoms with E-state index in [0.29, 0.717) is 0 Å². The van der Waals surface area contributed by atoms with Gasteiger partial charge in [-0.2, -0.15) is 0 Å². The summed E-state index contributed by atoms with van der Waals surface area (Å²) in [6, 6.07) is 0. The molecule has 0 heterocycles. The van der Waals surface area contributed by atoms with Crippen molar-refractivity contribution in [1.82, 2.24) is 0 Å². The van der Waals surface area contributed by atoms with Gasteiger partial charge in [0, 0.05) is 5.92 Å². The molecule has 0 aromatic heterocycles. The number of carboxylic acid groups (broad SMARTS) is 1. The van der Waals surface area contributed by atoms with Gasteiger partial charge in [0.05, 0.1) is 12.0 Å². The fraction of sp³-hybridized carbons (Fsp3) is 0.625. The van der Waals surface area contributed by atoms with E-state index in [2.05, 4.69) is 6.58 Å². The zero-order valence-corrected chi connectivity index (χ0v) is 6.82. The quantitative estimate of drug-likeness (QED) is 0.597. The average molecular weight is 158 g/mol. The third-order valence-corrected chi connectivity index (χ3v) is 1.81. The van der Waals surface area contributed by atoms with Crippen LogP contribution in [0.4, 0.5) is 0 Å². The van der Waals surface area contributed by atoms with Crippen molar-refractivity contribution >= 4 is 5.97 Å². The predicted octanol–water partition coefficient (Wildman–Crippen LogP) is 0.890. The molecule has 0 saturated carbocycles. The van der Waals surface area contributed by atoms with Gasteiger partial charge in [-0.1, -0.05) is 13.0 Å². The third kappa shape index (κ3) is 2.72. The number of carbonyl (C=O) groups is 1. The molecule has 0 fully saturated rings. The molecule has 0 amide bonds. The maximum atomic E-state index is 10.4. The topological polar surface area (TPSA) is 57.5 Å². The molecule has 0 aromatic rings. The first-order chi connectivity index (χ1) is 5.00. The summed E-state index contributed by atoms with van der Waals surface area (Å²) in [4.78, 5) is 10.4.